The molecule has 0 aliphatic rings. The third-order valence-corrected chi connectivity index (χ3v) is 3.31. The molecule has 0 unspecified atom stereocenters. The highest BCUT2D eigenvalue weighted by molar-refractivity contribution is 7.11. The first-order chi connectivity index (χ1) is 9.88. The number of alkyl halides is 3. The summed E-state index contributed by atoms with van der Waals surface area (Å²) >= 11 is 1.30. The van der Waals surface area contributed by atoms with Crippen molar-refractivity contribution in [3.8, 4) is 0 Å². The number of nitrogens with zero attached hydrogens (tertiary/aromatic N) is 2. The minimum absolute atomic E-state index is 0.222. The Morgan fingerprint density at radius 1 is 1.38 bits per heavy atom. The summed E-state index contributed by atoms with van der Waals surface area (Å²) in [7, 11) is 0. The lowest BCUT2D eigenvalue weighted by atomic mass is 10.1. The van der Waals surface area contributed by atoms with Crippen molar-refractivity contribution in [1.82, 2.24) is 4.98 Å². The van der Waals surface area contributed by atoms with Crippen molar-refractivity contribution in [3.63, 3.8) is 0 Å². The zero-order chi connectivity index (χ0) is 15.5. The van der Waals surface area contributed by atoms with Gasteiger partial charge in [0.05, 0.1) is 11.1 Å². The molecule has 0 N–H and O–H groups in total. The zero-order valence-corrected chi connectivity index (χ0v) is 11.5. The summed E-state index contributed by atoms with van der Waals surface area (Å²) in [4.78, 5) is 20.3. The molecule has 21 heavy (non-hydrogen) atoms. The Balaban J connectivity index is 2.12. The molecule has 0 amide bonds. The summed E-state index contributed by atoms with van der Waals surface area (Å²) in [5.74, 6) is -0.961. The van der Waals surface area contributed by atoms with Gasteiger partial charge in [0.2, 0.25) is 0 Å². The lowest BCUT2D eigenvalue weighted by Crippen LogP contribution is -2.08. The van der Waals surface area contributed by atoms with E-state index in [1.165, 1.54) is 17.4 Å². The SMILES string of the molecule is CC(=NOC(=O)c1cccc(C(F)(F)F)c1)c1nccs1. The Hall–Kier alpha value is -2.22. The molecular formula is C13H9F3N2O2S. The van der Waals surface area contributed by atoms with E-state index in [9.17, 15) is 18.0 Å². The second-order valence-corrected chi connectivity index (χ2v) is 4.87. The van der Waals surface area contributed by atoms with Gasteiger partial charge in [0, 0.05) is 11.6 Å². The number of carbonyl (C=O) groups excluding carboxylic acids is 1. The van der Waals surface area contributed by atoms with Crippen LogP contribution in [-0.2, 0) is 11.0 Å². The smallest absolute Gasteiger partial charge is 0.312 e. The number of carbonyl (C=O) groups is 1. The number of hydrogen-bond acceptors (Lipinski definition) is 5. The van der Waals surface area contributed by atoms with Crippen molar-refractivity contribution in [1.29, 1.82) is 0 Å². The number of benzene rings is 1. The van der Waals surface area contributed by atoms with Crippen molar-refractivity contribution in [3.05, 3.63) is 52.0 Å². The Bertz CT molecular complexity index is 666. The molecule has 1 aromatic heterocycles. The maximum Gasteiger partial charge on any atom is 0.416 e. The van der Waals surface area contributed by atoms with E-state index in [1.54, 1.807) is 18.5 Å². The number of aromatic nitrogens is 1. The average Bonchev–Trinajstić information content (AvgIpc) is 2.98. The van der Waals surface area contributed by atoms with E-state index >= 15 is 0 Å². The standard InChI is InChI=1S/C13H9F3N2O2S/c1-8(11-17-5-6-21-11)18-20-12(19)9-3-2-4-10(7-9)13(14,15)16/h2-7H,1H3. The van der Waals surface area contributed by atoms with Crippen molar-refractivity contribution in [2.24, 2.45) is 5.16 Å². The Morgan fingerprint density at radius 2 is 2.14 bits per heavy atom. The fourth-order valence-corrected chi connectivity index (χ4v) is 2.01. The molecule has 2 rings (SSSR count). The van der Waals surface area contributed by atoms with Crippen LogP contribution in [0.15, 0.2) is 41.0 Å². The first-order valence-electron chi connectivity index (χ1n) is 5.71. The molecule has 0 saturated heterocycles. The summed E-state index contributed by atoms with van der Waals surface area (Å²) in [6, 6.07) is 3.96. The summed E-state index contributed by atoms with van der Waals surface area (Å²) in [5.41, 5.74) is -0.775. The maximum absolute atomic E-state index is 12.5. The minimum atomic E-state index is -4.52. The molecule has 1 heterocycles. The van der Waals surface area contributed by atoms with Crippen molar-refractivity contribution in [2.45, 2.75) is 13.1 Å². The summed E-state index contributed by atoms with van der Waals surface area (Å²) < 4.78 is 37.6. The lowest BCUT2D eigenvalue weighted by molar-refractivity contribution is -0.137. The van der Waals surface area contributed by atoms with E-state index < -0.39 is 17.7 Å². The van der Waals surface area contributed by atoms with E-state index in [2.05, 4.69) is 15.0 Å². The number of halogens is 3. The minimum Gasteiger partial charge on any atom is -0.312 e. The highest BCUT2D eigenvalue weighted by atomic mass is 32.1. The highest BCUT2D eigenvalue weighted by Gasteiger charge is 2.31. The van der Waals surface area contributed by atoms with Gasteiger partial charge in [-0.3, -0.25) is 0 Å². The molecule has 0 radical (unpaired) electrons. The number of thiazole rings is 1. The first-order valence-corrected chi connectivity index (χ1v) is 6.59. The van der Waals surface area contributed by atoms with Gasteiger partial charge in [-0.05, 0) is 25.1 Å². The average molecular weight is 314 g/mol. The Morgan fingerprint density at radius 3 is 2.76 bits per heavy atom. The molecule has 0 aliphatic heterocycles. The topological polar surface area (TPSA) is 51.5 Å². The van der Waals surface area contributed by atoms with Gasteiger partial charge in [-0.15, -0.1) is 11.3 Å². The van der Waals surface area contributed by atoms with E-state index in [1.807, 2.05) is 0 Å². The van der Waals surface area contributed by atoms with Crippen LogP contribution in [0.25, 0.3) is 0 Å². The quantitative estimate of drug-likeness (QED) is 0.492. The van der Waals surface area contributed by atoms with Crippen LogP contribution in [-0.4, -0.2) is 16.7 Å². The molecule has 0 bridgehead atoms. The van der Waals surface area contributed by atoms with Crippen LogP contribution in [0.3, 0.4) is 0 Å². The predicted octanol–water partition coefficient (Wildman–Crippen LogP) is 3.74. The van der Waals surface area contributed by atoms with Gasteiger partial charge in [-0.25, -0.2) is 9.78 Å². The Labute approximate surface area is 121 Å². The van der Waals surface area contributed by atoms with E-state index in [4.69, 9.17) is 0 Å². The van der Waals surface area contributed by atoms with Gasteiger partial charge in [0.1, 0.15) is 10.7 Å². The molecule has 0 aliphatic carbocycles. The summed E-state index contributed by atoms with van der Waals surface area (Å²) in [6.45, 7) is 1.58. The zero-order valence-electron chi connectivity index (χ0n) is 10.7. The molecule has 1 aromatic carbocycles. The monoisotopic (exact) mass is 314 g/mol. The van der Waals surface area contributed by atoms with Crippen LogP contribution in [0.5, 0.6) is 0 Å². The fraction of sp³-hybridized carbons (Fsp3) is 0.154. The van der Waals surface area contributed by atoms with Crippen molar-refractivity contribution in [2.75, 3.05) is 0 Å². The van der Waals surface area contributed by atoms with Gasteiger partial charge in [0.15, 0.2) is 0 Å². The first kappa shape index (κ1) is 15.2. The van der Waals surface area contributed by atoms with E-state index in [0.29, 0.717) is 10.7 Å². The number of hydrogen-bond donors (Lipinski definition) is 0. The number of oxime groups is 1. The third-order valence-electron chi connectivity index (χ3n) is 2.43. The van der Waals surface area contributed by atoms with E-state index in [-0.39, 0.29) is 5.56 Å². The van der Waals surface area contributed by atoms with Gasteiger partial charge in [-0.1, -0.05) is 11.2 Å². The van der Waals surface area contributed by atoms with Crippen LogP contribution < -0.4 is 0 Å². The van der Waals surface area contributed by atoms with Crippen LogP contribution in [0.4, 0.5) is 13.2 Å². The second-order valence-electron chi connectivity index (χ2n) is 3.97. The predicted molar refractivity (Wildman–Crippen MR) is 71.2 cm³/mol. The molecule has 4 nitrogen and oxygen atoms in total. The maximum atomic E-state index is 12.5. The number of rotatable bonds is 3. The Kier molecular flexibility index (Phi) is 4.37. The summed E-state index contributed by atoms with van der Waals surface area (Å²) in [5, 5.41) is 5.86. The molecule has 8 heteroatoms. The molecule has 0 fully saturated rings. The van der Waals surface area contributed by atoms with Gasteiger partial charge >= 0.3 is 12.1 Å². The fourth-order valence-electron chi connectivity index (χ4n) is 1.43. The van der Waals surface area contributed by atoms with E-state index in [0.717, 1.165) is 18.2 Å². The van der Waals surface area contributed by atoms with Crippen LogP contribution >= 0.6 is 11.3 Å². The van der Waals surface area contributed by atoms with Crippen LogP contribution in [0, 0.1) is 0 Å². The highest BCUT2D eigenvalue weighted by Crippen LogP contribution is 2.29. The van der Waals surface area contributed by atoms with Gasteiger partial charge in [0.25, 0.3) is 0 Å². The normalized spacial score (nSPS) is 12.3. The van der Waals surface area contributed by atoms with Gasteiger partial charge in [-0.2, -0.15) is 13.2 Å². The summed E-state index contributed by atoms with van der Waals surface area (Å²) in [6.07, 6.45) is -2.95. The molecule has 110 valence electrons. The van der Waals surface area contributed by atoms with Crippen LogP contribution in [0.1, 0.15) is 27.9 Å². The lowest BCUT2D eigenvalue weighted by Gasteiger charge is -2.07. The van der Waals surface area contributed by atoms with Crippen molar-refractivity contribution >= 4 is 23.0 Å². The second kappa shape index (κ2) is 6.04. The van der Waals surface area contributed by atoms with Crippen LogP contribution in [0.2, 0.25) is 0 Å². The molecule has 0 spiro atoms. The largest absolute Gasteiger partial charge is 0.416 e. The molecule has 0 atom stereocenters. The molecular weight excluding hydrogens is 305 g/mol. The third kappa shape index (κ3) is 3.88. The van der Waals surface area contributed by atoms with Gasteiger partial charge < -0.3 is 4.84 Å². The molecule has 2 aromatic rings. The molecule has 0 saturated carbocycles. The van der Waals surface area contributed by atoms with Crippen molar-refractivity contribution < 1.29 is 22.8 Å².